The van der Waals surface area contributed by atoms with E-state index in [1.165, 1.54) is 0 Å². The van der Waals surface area contributed by atoms with Crippen molar-refractivity contribution in [2.24, 2.45) is 5.92 Å². The molecule has 2 rings (SSSR count). The zero-order valence-electron chi connectivity index (χ0n) is 11.3. The summed E-state index contributed by atoms with van der Waals surface area (Å²) in [7, 11) is 0. The van der Waals surface area contributed by atoms with Crippen LogP contribution in [0, 0.1) is 5.92 Å². The number of fused-ring (bicyclic) bond motifs is 1. The van der Waals surface area contributed by atoms with Crippen molar-refractivity contribution in [1.82, 2.24) is 10.3 Å². The summed E-state index contributed by atoms with van der Waals surface area (Å²) < 4.78 is 0. The van der Waals surface area contributed by atoms with E-state index in [0.717, 1.165) is 29.4 Å². The van der Waals surface area contributed by atoms with Gasteiger partial charge in [0.1, 0.15) is 0 Å². The Kier molecular flexibility index (Phi) is 4.48. The van der Waals surface area contributed by atoms with E-state index >= 15 is 0 Å². The number of hydrogen-bond acceptors (Lipinski definition) is 1. The first-order chi connectivity index (χ1) is 9.06. The molecule has 2 N–H and O–H groups in total. The van der Waals surface area contributed by atoms with Crippen LogP contribution in [-0.4, -0.2) is 17.4 Å². The monoisotopic (exact) mass is 278 g/mol. The Morgan fingerprint density at radius 3 is 2.95 bits per heavy atom. The van der Waals surface area contributed by atoms with E-state index < -0.39 is 0 Å². The minimum atomic E-state index is 0.0570. The van der Waals surface area contributed by atoms with Gasteiger partial charge in [-0.15, -0.1) is 0 Å². The standard InChI is InChI=1S/C15H19ClN2O/c1-10(2)5-6-17-15(19)7-11-9-18-14-4-3-12(16)8-13(11)14/h3-4,8-10,18H,5-7H2,1-2H3,(H,17,19). The Morgan fingerprint density at radius 2 is 2.21 bits per heavy atom. The second-order valence-corrected chi connectivity index (χ2v) is 5.65. The van der Waals surface area contributed by atoms with Crippen molar-refractivity contribution in [2.45, 2.75) is 26.7 Å². The number of nitrogens with one attached hydrogen (secondary N) is 2. The maximum atomic E-state index is 11.9. The molecule has 102 valence electrons. The van der Waals surface area contributed by atoms with Crippen molar-refractivity contribution in [3.8, 4) is 0 Å². The number of amides is 1. The van der Waals surface area contributed by atoms with Crippen LogP contribution in [-0.2, 0) is 11.2 Å². The molecule has 19 heavy (non-hydrogen) atoms. The van der Waals surface area contributed by atoms with Crippen LogP contribution >= 0.6 is 11.6 Å². The van der Waals surface area contributed by atoms with Crippen LogP contribution in [0.4, 0.5) is 0 Å². The van der Waals surface area contributed by atoms with Gasteiger partial charge in [-0.2, -0.15) is 0 Å². The maximum Gasteiger partial charge on any atom is 0.224 e. The topological polar surface area (TPSA) is 44.9 Å². The molecule has 1 aromatic carbocycles. The first-order valence-electron chi connectivity index (χ1n) is 6.58. The number of hydrogen-bond donors (Lipinski definition) is 2. The first kappa shape index (κ1) is 13.9. The van der Waals surface area contributed by atoms with Crippen LogP contribution in [0.25, 0.3) is 10.9 Å². The summed E-state index contributed by atoms with van der Waals surface area (Å²) in [6.07, 6.45) is 3.27. The number of aromatic amines is 1. The number of carbonyl (C=O) groups excluding carboxylic acids is 1. The van der Waals surface area contributed by atoms with Crippen LogP contribution in [0.15, 0.2) is 24.4 Å². The van der Waals surface area contributed by atoms with Gasteiger partial charge in [0.05, 0.1) is 6.42 Å². The molecule has 0 aliphatic heterocycles. The van der Waals surface area contributed by atoms with Crippen molar-refractivity contribution >= 4 is 28.4 Å². The largest absolute Gasteiger partial charge is 0.361 e. The van der Waals surface area contributed by atoms with Gasteiger partial charge in [-0.3, -0.25) is 4.79 Å². The highest BCUT2D eigenvalue weighted by molar-refractivity contribution is 6.31. The summed E-state index contributed by atoms with van der Waals surface area (Å²) in [6, 6.07) is 5.66. The normalized spacial score (nSPS) is 11.2. The third-order valence-electron chi connectivity index (χ3n) is 3.12. The summed E-state index contributed by atoms with van der Waals surface area (Å²) in [6.45, 7) is 5.03. The minimum absolute atomic E-state index is 0.0570. The quantitative estimate of drug-likeness (QED) is 0.863. The van der Waals surface area contributed by atoms with Crippen LogP contribution in [0.2, 0.25) is 5.02 Å². The highest BCUT2D eigenvalue weighted by Crippen LogP contribution is 2.22. The van der Waals surface area contributed by atoms with E-state index in [9.17, 15) is 4.79 Å². The number of H-pyrrole nitrogens is 1. The van der Waals surface area contributed by atoms with E-state index in [1.807, 2.05) is 24.4 Å². The average molecular weight is 279 g/mol. The molecular formula is C15H19ClN2O. The fourth-order valence-corrected chi connectivity index (χ4v) is 2.20. The van der Waals surface area contributed by atoms with E-state index in [-0.39, 0.29) is 5.91 Å². The molecule has 0 fully saturated rings. The zero-order chi connectivity index (χ0) is 13.8. The number of aromatic nitrogens is 1. The molecule has 4 heteroatoms. The molecule has 2 aromatic rings. The number of halogens is 1. The summed E-state index contributed by atoms with van der Waals surface area (Å²) >= 11 is 5.99. The second kappa shape index (κ2) is 6.11. The van der Waals surface area contributed by atoms with Crippen LogP contribution < -0.4 is 5.32 Å². The number of carbonyl (C=O) groups is 1. The Bertz CT molecular complexity index is 575. The Hall–Kier alpha value is -1.48. The molecule has 0 aliphatic rings. The summed E-state index contributed by atoms with van der Waals surface area (Å²) in [5.41, 5.74) is 1.99. The first-order valence-corrected chi connectivity index (χ1v) is 6.96. The Labute approximate surface area is 118 Å². The predicted octanol–water partition coefficient (Wildman–Crippen LogP) is 3.53. The van der Waals surface area contributed by atoms with Crippen LogP contribution in [0.1, 0.15) is 25.8 Å². The molecule has 3 nitrogen and oxygen atoms in total. The van der Waals surface area contributed by atoms with Crippen molar-refractivity contribution in [3.05, 3.63) is 35.0 Å². The van der Waals surface area contributed by atoms with Crippen molar-refractivity contribution in [3.63, 3.8) is 0 Å². The van der Waals surface area contributed by atoms with E-state index in [4.69, 9.17) is 11.6 Å². The van der Waals surface area contributed by atoms with Crippen molar-refractivity contribution in [1.29, 1.82) is 0 Å². The summed E-state index contributed by atoms with van der Waals surface area (Å²) in [5, 5.41) is 4.65. The molecule has 1 heterocycles. The molecule has 0 spiro atoms. The van der Waals surface area contributed by atoms with E-state index in [2.05, 4.69) is 24.1 Å². The zero-order valence-corrected chi connectivity index (χ0v) is 12.1. The summed E-state index contributed by atoms with van der Waals surface area (Å²) in [4.78, 5) is 15.0. The lowest BCUT2D eigenvalue weighted by Crippen LogP contribution is -2.26. The molecule has 0 atom stereocenters. The van der Waals surface area contributed by atoms with Gasteiger partial charge >= 0.3 is 0 Å². The lowest BCUT2D eigenvalue weighted by atomic mass is 10.1. The van der Waals surface area contributed by atoms with Gasteiger partial charge in [0.15, 0.2) is 0 Å². The molecule has 0 radical (unpaired) electrons. The highest BCUT2D eigenvalue weighted by Gasteiger charge is 2.09. The molecule has 0 bridgehead atoms. The van der Waals surface area contributed by atoms with Gasteiger partial charge in [-0.05, 0) is 36.1 Å². The molecule has 0 saturated carbocycles. The molecule has 0 saturated heterocycles. The highest BCUT2D eigenvalue weighted by atomic mass is 35.5. The van der Waals surface area contributed by atoms with Crippen LogP contribution in [0.3, 0.4) is 0 Å². The Balaban J connectivity index is 2.01. The number of benzene rings is 1. The van der Waals surface area contributed by atoms with Gasteiger partial charge in [0, 0.05) is 28.7 Å². The molecule has 0 unspecified atom stereocenters. The van der Waals surface area contributed by atoms with Crippen molar-refractivity contribution in [2.75, 3.05) is 6.54 Å². The molecule has 0 aliphatic carbocycles. The van der Waals surface area contributed by atoms with Gasteiger partial charge < -0.3 is 10.3 Å². The Morgan fingerprint density at radius 1 is 1.42 bits per heavy atom. The lowest BCUT2D eigenvalue weighted by molar-refractivity contribution is -0.120. The van der Waals surface area contributed by atoms with Gasteiger partial charge in [0.2, 0.25) is 5.91 Å². The molecule has 1 aromatic heterocycles. The lowest BCUT2D eigenvalue weighted by Gasteiger charge is -2.06. The van der Waals surface area contributed by atoms with Gasteiger partial charge in [-0.1, -0.05) is 25.4 Å². The average Bonchev–Trinajstić information content (AvgIpc) is 2.71. The predicted molar refractivity (Wildman–Crippen MR) is 79.5 cm³/mol. The van der Waals surface area contributed by atoms with Crippen molar-refractivity contribution < 1.29 is 4.79 Å². The minimum Gasteiger partial charge on any atom is -0.361 e. The second-order valence-electron chi connectivity index (χ2n) is 5.21. The fourth-order valence-electron chi connectivity index (χ4n) is 2.03. The summed E-state index contributed by atoms with van der Waals surface area (Å²) in [5.74, 6) is 0.661. The van der Waals surface area contributed by atoms with Crippen LogP contribution in [0.5, 0.6) is 0 Å². The smallest absolute Gasteiger partial charge is 0.224 e. The fraction of sp³-hybridized carbons (Fsp3) is 0.400. The number of rotatable bonds is 5. The van der Waals surface area contributed by atoms with Gasteiger partial charge in [0.25, 0.3) is 0 Å². The molecule has 1 amide bonds. The third kappa shape index (κ3) is 3.74. The van der Waals surface area contributed by atoms with E-state index in [0.29, 0.717) is 17.4 Å². The SMILES string of the molecule is CC(C)CCNC(=O)Cc1c[nH]c2ccc(Cl)cc12. The third-order valence-corrected chi connectivity index (χ3v) is 3.36. The van der Waals surface area contributed by atoms with Gasteiger partial charge in [-0.25, -0.2) is 0 Å². The maximum absolute atomic E-state index is 11.9. The van der Waals surface area contributed by atoms with E-state index in [1.54, 1.807) is 0 Å². The molecular weight excluding hydrogens is 260 g/mol.